The number of benzene rings is 1. The maximum Gasteiger partial charge on any atom is 0.271 e. The van der Waals surface area contributed by atoms with E-state index in [1.54, 1.807) is 5.38 Å². The molecule has 112 valence electrons. The summed E-state index contributed by atoms with van der Waals surface area (Å²) in [7, 11) is 0. The number of thiazole rings is 1. The molecule has 0 fully saturated rings. The molecule has 0 radical (unpaired) electrons. The van der Waals surface area contributed by atoms with Crippen molar-refractivity contribution in [2.45, 2.75) is 33.2 Å². The lowest BCUT2D eigenvalue weighted by molar-refractivity contribution is 0.0935. The number of nitrogen functional groups attached to an aromatic ring is 1. The minimum absolute atomic E-state index is 0.0616. The van der Waals surface area contributed by atoms with Gasteiger partial charge >= 0.3 is 0 Å². The molecule has 1 amide bonds. The monoisotopic (exact) mass is 303 g/mol. The van der Waals surface area contributed by atoms with Crippen molar-refractivity contribution in [1.29, 1.82) is 0 Å². The number of aromatic nitrogens is 1. The summed E-state index contributed by atoms with van der Waals surface area (Å²) in [6.07, 6.45) is 1.07. The van der Waals surface area contributed by atoms with Crippen LogP contribution in [-0.4, -0.2) is 10.9 Å². The highest BCUT2D eigenvalue weighted by atomic mass is 32.1. The molecule has 0 saturated carbocycles. The third kappa shape index (κ3) is 4.29. The lowest BCUT2D eigenvalue weighted by Crippen LogP contribution is -2.26. The van der Waals surface area contributed by atoms with E-state index in [0.717, 1.165) is 12.0 Å². The molecule has 4 nitrogen and oxygen atoms in total. The van der Waals surface area contributed by atoms with Gasteiger partial charge in [0.1, 0.15) is 5.69 Å². The van der Waals surface area contributed by atoms with Gasteiger partial charge in [0.15, 0.2) is 5.13 Å². The van der Waals surface area contributed by atoms with E-state index in [4.69, 9.17) is 5.73 Å². The second-order valence-corrected chi connectivity index (χ2v) is 6.50. The minimum Gasteiger partial charge on any atom is -0.375 e. The Hall–Kier alpha value is -1.88. The second-order valence-electron chi connectivity index (χ2n) is 5.61. The number of nitrogens with zero attached hydrogens (tertiary/aromatic N) is 1. The Balaban J connectivity index is 1.99. The van der Waals surface area contributed by atoms with Crippen LogP contribution in [0.15, 0.2) is 29.6 Å². The van der Waals surface area contributed by atoms with Crippen LogP contribution in [0.2, 0.25) is 0 Å². The number of amides is 1. The molecule has 1 aromatic heterocycles. The summed E-state index contributed by atoms with van der Waals surface area (Å²) < 4.78 is 0. The van der Waals surface area contributed by atoms with Crippen LogP contribution in [-0.2, 0) is 6.42 Å². The highest BCUT2D eigenvalue weighted by molar-refractivity contribution is 7.13. The maximum absolute atomic E-state index is 12.0. The number of nitrogens with one attached hydrogen (secondary N) is 1. The normalized spacial score (nSPS) is 12.4. The molecular formula is C16H21N3OS. The summed E-state index contributed by atoms with van der Waals surface area (Å²) in [5.74, 6) is 0.449. The molecule has 21 heavy (non-hydrogen) atoms. The summed E-state index contributed by atoms with van der Waals surface area (Å²) in [6.45, 7) is 6.37. The Morgan fingerprint density at radius 1 is 1.29 bits per heavy atom. The zero-order chi connectivity index (χ0) is 15.4. The number of nitrogens with two attached hydrogens (primary N) is 1. The average Bonchev–Trinajstić information content (AvgIpc) is 2.85. The molecule has 0 aliphatic rings. The predicted octanol–water partition coefficient (Wildman–Crippen LogP) is 3.41. The summed E-state index contributed by atoms with van der Waals surface area (Å²) >= 11 is 1.27. The summed E-state index contributed by atoms with van der Waals surface area (Å²) in [5.41, 5.74) is 8.32. The molecule has 0 aliphatic carbocycles. The highest BCUT2D eigenvalue weighted by Gasteiger charge is 2.14. The van der Waals surface area contributed by atoms with Crippen LogP contribution in [0.5, 0.6) is 0 Å². The van der Waals surface area contributed by atoms with Gasteiger partial charge in [-0.2, -0.15) is 0 Å². The van der Waals surface area contributed by atoms with Crippen molar-refractivity contribution in [2.75, 3.05) is 5.73 Å². The van der Waals surface area contributed by atoms with Crippen molar-refractivity contribution < 1.29 is 4.79 Å². The SMILES string of the molecule is CC(C)Cc1ccc(C(C)NC(=O)c2csc(N)n2)cc1. The summed E-state index contributed by atoms with van der Waals surface area (Å²) in [5, 5.41) is 5.01. The van der Waals surface area contributed by atoms with Crippen molar-refractivity contribution in [1.82, 2.24) is 10.3 Å². The largest absolute Gasteiger partial charge is 0.375 e. The van der Waals surface area contributed by atoms with Crippen LogP contribution in [0, 0.1) is 5.92 Å². The number of carbonyl (C=O) groups is 1. The fraction of sp³-hybridized carbons (Fsp3) is 0.375. The Morgan fingerprint density at radius 3 is 2.48 bits per heavy atom. The van der Waals surface area contributed by atoms with Crippen LogP contribution < -0.4 is 11.1 Å². The van der Waals surface area contributed by atoms with Gasteiger partial charge in [-0.05, 0) is 30.4 Å². The number of anilines is 1. The highest BCUT2D eigenvalue weighted by Crippen LogP contribution is 2.17. The fourth-order valence-electron chi connectivity index (χ4n) is 2.16. The topological polar surface area (TPSA) is 68.0 Å². The van der Waals surface area contributed by atoms with Gasteiger partial charge in [-0.3, -0.25) is 4.79 Å². The van der Waals surface area contributed by atoms with Crippen LogP contribution >= 0.6 is 11.3 Å². The van der Waals surface area contributed by atoms with E-state index in [1.165, 1.54) is 16.9 Å². The zero-order valence-corrected chi connectivity index (χ0v) is 13.4. The molecule has 0 saturated heterocycles. The first-order chi connectivity index (χ1) is 9.95. The van der Waals surface area contributed by atoms with Crippen molar-refractivity contribution >= 4 is 22.4 Å². The lowest BCUT2D eigenvalue weighted by Gasteiger charge is -2.14. The van der Waals surface area contributed by atoms with E-state index < -0.39 is 0 Å². The molecular weight excluding hydrogens is 282 g/mol. The Kier molecular flexibility index (Phi) is 4.96. The maximum atomic E-state index is 12.0. The van der Waals surface area contributed by atoms with E-state index in [9.17, 15) is 4.79 Å². The van der Waals surface area contributed by atoms with Gasteiger partial charge in [-0.15, -0.1) is 11.3 Å². The Bertz CT molecular complexity index is 604. The van der Waals surface area contributed by atoms with Gasteiger partial charge < -0.3 is 11.1 Å². The van der Waals surface area contributed by atoms with E-state index >= 15 is 0 Å². The summed E-state index contributed by atoms with van der Waals surface area (Å²) in [6, 6.07) is 8.32. The molecule has 0 spiro atoms. The average molecular weight is 303 g/mol. The van der Waals surface area contributed by atoms with Crippen LogP contribution in [0.1, 0.15) is 48.4 Å². The third-order valence-electron chi connectivity index (χ3n) is 3.23. The smallest absolute Gasteiger partial charge is 0.271 e. The molecule has 0 bridgehead atoms. The molecule has 2 aromatic rings. The Morgan fingerprint density at radius 2 is 1.95 bits per heavy atom. The quantitative estimate of drug-likeness (QED) is 0.889. The molecule has 1 unspecified atom stereocenters. The van der Waals surface area contributed by atoms with E-state index in [0.29, 0.717) is 16.7 Å². The standard InChI is InChI=1S/C16H21N3OS/c1-10(2)8-12-4-6-13(7-5-12)11(3)18-15(20)14-9-21-16(17)19-14/h4-7,9-11H,8H2,1-3H3,(H2,17,19)(H,18,20). The van der Waals surface area contributed by atoms with Gasteiger partial charge in [0, 0.05) is 5.38 Å². The van der Waals surface area contributed by atoms with Crippen molar-refractivity contribution in [3.8, 4) is 0 Å². The summed E-state index contributed by atoms with van der Waals surface area (Å²) in [4.78, 5) is 16.0. The molecule has 1 atom stereocenters. The zero-order valence-electron chi connectivity index (χ0n) is 12.6. The van der Waals surface area contributed by atoms with Gasteiger partial charge in [-0.1, -0.05) is 38.1 Å². The Labute approximate surface area is 129 Å². The molecule has 2 rings (SSSR count). The van der Waals surface area contributed by atoms with Gasteiger partial charge in [0.05, 0.1) is 6.04 Å². The van der Waals surface area contributed by atoms with Crippen molar-refractivity contribution in [3.05, 3.63) is 46.5 Å². The molecule has 1 heterocycles. The lowest BCUT2D eigenvalue weighted by atomic mass is 10.00. The first-order valence-corrected chi connectivity index (χ1v) is 7.94. The van der Waals surface area contributed by atoms with E-state index in [-0.39, 0.29) is 11.9 Å². The molecule has 1 aromatic carbocycles. The number of hydrogen-bond donors (Lipinski definition) is 2. The second kappa shape index (κ2) is 6.72. The van der Waals surface area contributed by atoms with Gasteiger partial charge in [0.25, 0.3) is 5.91 Å². The van der Waals surface area contributed by atoms with Gasteiger partial charge in [-0.25, -0.2) is 4.98 Å². The van der Waals surface area contributed by atoms with Crippen LogP contribution in [0.4, 0.5) is 5.13 Å². The minimum atomic E-state index is -0.193. The third-order valence-corrected chi connectivity index (χ3v) is 3.90. The van der Waals surface area contributed by atoms with Crippen molar-refractivity contribution in [2.24, 2.45) is 5.92 Å². The fourth-order valence-corrected chi connectivity index (χ4v) is 2.70. The molecule has 0 aliphatic heterocycles. The number of hydrogen-bond acceptors (Lipinski definition) is 4. The first-order valence-electron chi connectivity index (χ1n) is 7.06. The van der Waals surface area contributed by atoms with Gasteiger partial charge in [0.2, 0.25) is 0 Å². The van der Waals surface area contributed by atoms with Crippen LogP contribution in [0.25, 0.3) is 0 Å². The number of rotatable bonds is 5. The predicted molar refractivity (Wildman–Crippen MR) is 87.4 cm³/mol. The van der Waals surface area contributed by atoms with E-state index in [2.05, 4.69) is 48.4 Å². The molecule has 3 N–H and O–H groups in total. The molecule has 5 heteroatoms. The number of carbonyl (C=O) groups excluding carboxylic acids is 1. The van der Waals surface area contributed by atoms with Crippen molar-refractivity contribution in [3.63, 3.8) is 0 Å². The first kappa shape index (κ1) is 15.5. The van der Waals surface area contributed by atoms with E-state index in [1.807, 2.05) is 6.92 Å². The van der Waals surface area contributed by atoms with Crippen LogP contribution in [0.3, 0.4) is 0 Å².